The van der Waals surface area contributed by atoms with E-state index in [0.717, 1.165) is 0 Å². The monoisotopic (exact) mass is 346 g/mol. The van der Waals surface area contributed by atoms with Crippen molar-refractivity contribution < 1.29 is 0 Å². The predicted molar refractivity (Wildman–Crippen MR) is 90.7 cm³/mol. The minimum atomic E-state index is -0.458. The van der Waals surface area contributed by atoms with Crippen LogP contribution in [0.3, 0.4) is 0 Å². The Morgan fingerprint density at radius 1 is 0.737 bits per heavy atom. The van der Waals surface area contributed by atoms with Crippen LogP contribution in [0.4, 0.5) is 0 Å². The molecule has 2 aromatic carbocycles. The van der Waals surface area contributed by atoms with Gasteiger partial charge in [-0.3, -0.25) is 0 Å². The summed E-state index contributed by atoms with van der Waals surface area (Å²) in [4.78, 5) is 0. The van der Waals surface area contributed by atoms with Crippen LogP contribution in [0.5, 0.6) is 0 Å². The molecule has 3 rings (SSSR count). The molecule has 0 spiro atoms. The van der Waals surface area contributed by atoms with Crippen LogP contribution >= 0.6 is 35.2 Å². The lowest BCUT2D eigenvalue weighted by molar-refractivity contribution is 1.75. The summed E-state index contributed by atoms with van der Waals surface area (Å²) in [6, 6.07) is 23.7. The molecule has 0 nitrogen and oxygen atoms in total. The highest BCUT2D eigenvalue weighted by Gasteiger charge is 2.19. The topological polar surface area (TPSA) is 0 Å². The van der Waals surface area contributed by atoms with Crippen molar-refractivity contribution in [2.75, 3.05) is 0 Å². The number of hydrogen-bond acceptors (Lipinski definition) is 1. The SMILES string of the molecule is Brc1ccsc1P(c1ccccc1)c1ccccc1. The minimum Gasteiger partial charge on any atom is -0.142 e. The second-order valence-corrected chi connectivity index (χ2v) is 8.30. The molecule has 1 heterocycles. The summed E-state index contributed by atoms with van der Waals surface area (Å²) in [7, 11) is -0.458. The zero-order chi connectivity index (χ0) is 13.1. The van der Waals surface area contributed by atoms with Crippen LogP contribution in [0.15, 0.2) is 76.6 Å². The molecule has 0 radical (unpaired) electrons. The lowest BCUT2D eigenvalue weighted by atomic mass is 10.4. The Balaban J connectivity index is 2.15. The Bertz CT molecular complexity index is 609. The van der Waals surface area contributed by atoms with Crippen molar-refractivity contribution >= 4 is 50.4 Å². The van der Waals surface area contributed by atoms with Gasteiger partial charge in [0.1, 0.15) is 0 Å². The van der Waals surface area contributed by atoms with E-state index >= 15 is 0 Å². The first kappa shape index (κ1) is 13.1. The van der Waals surface area contributed by atoms with Crippen molar-refractivity contribution in [1.29, 1.82) is 0 Å². The maximum absolute atomic E-state index is 3.69. The first-order valence-electron chi connectivity index (χ1n) is 5.99. The van der Waals surface area contributed by atoms with E-state index in [4.69, 9.17) is 0 Å². The Morgan fingerprint density at radius 3 is 1.68 bits per heavy atom. The average molecular weight is 347 g/mol. The van der Waals surface area contributed by atoms with Crippen molar-refractivity contribution in [2.45, 2.75) is 0 Å². The zero-order valence-corrected chi connectivity index (χ0v) is 13.5. The van der Waals surface area contributed by atoms with E-state index in [1.54, 1.807) is 0 Å². The van der Waals surface area contributed by atoms with Gasteiger partial charge in [-0.1, -0.05) is 60.7 Å². The zero-order valence-electron chi connectivity index (χ0n) is 10.2. The second-order valence-electron chi connectivity index (χ2n) is 4.08. The normalized spacial score (nSPS) is 10.8. The van der Waals surface area contributed by atoms with Gasteiger partial charge in [-0.25, -0.2) is 0 Å². The third kappa shape index (κ3) is 2.81. The third-order valence-corrected chi connectivity index (χ3v) is 7.92. The maximum atomic E-state index is 3.69. The summed E-state index contributed by atoms with van der Waals surface area (Å²) in [5.41, 5.74) is 0. The Kier molecular flexibility index (Phi) is 4.12. The second kappa shape index (κ2) is 6.00. The maximum Gasteiger partial charge on any atom is 0.0509 e. The number of thiophene rings is 1. The fourth-order valence-corrected chi connectivity index (χ4v) is 6.85. The molecule has 0 fully saturated rings. The van der Waals surface area contributed by atoms with Crippen LogP contribution in [0, 0.1) is 0 Å². The lowest BCUT2D eigenvalue weighted by Gasteiger charge is -2.17. The standard InChI is InChI=1S/C16H12BrPS/c17-15-11-12-19-16(15)18(13-7-3-1-4-8-13)14-9-5-2-6-10-14/h1-12H. The fourth-order valence-electron chi connectivity index (χ4n) is 1.98. The first-order chi connectivity index (χ1) is 9.36. The highest BCUT2D eigenvalue weighted by molar-refractivity contribution is 9.10. The van der Waals surface area contributed by atoms with Gasteiger partial charge >= 0.3 is 0 Å². The Labute approximate surface area is 127 Å². The van der Waals surface area contributed by atoms with Crippen LogP contribution in [0.2, 0.25) is 0 Å². The smallest absolute Gasteiger partial charge is 0.0509 e. The van der Waals surface area contributed by atoms with Gasteiger partial charge in [0.05, 0.1) is 4.62 Å². The molecule has 0 saturated carbocycles. The van der Waals surface area contributed by atoms with Gasteiger partial charge in [-0.05, 0) is 45.9 Å². The molecule has 0 amide bonds. The van der Waals surface area contributed by atoms with Crippen LogP contribution in [0.25, 0.3) is 0 Å². The molecule has 0 saturated heterocycles. The van der Waals surface area contributed by atoms with E-state index in [0.29, 0.717) is 0 Å². The van der Waals surface area contributed by atoms with Gasteiger partial charge in [-0.2, -0.15) is 0 Å². The summed E-state index contributed by atoms with van der Waals surface area (Å²) >= 11 is 5.52. The lowest BCUT2D eigenvalue weighted by Crippen LogP contribution is -2.19. The van der Waals surface area contributed by atoms with E-state index in [1.807, 2.05) is 11.3 Å². The van der Waals surface area contributed by atoms with Gasteiger partial charge in [0.25, 0.3) is 0 Å². The van der Waals surface area contributed by atoms with Crippen molar-refractivity contribution in [3.8, 4) is 0 Å². The van der Waals surface area contributed by atoms with Crippen LogP contribution in [0.1, 0.15) is 0 Å². The summed E-state index contributed by atoms with van der Waals surface area (Å²) in [6.07, 6.45) is 0. The van der Waals surface area contributed by atoms with Crippen molar-refractivity contribution in [1.82, 2.24) is 0 Å². The molecule has 94 valence electrons. The highest BCUT2D eigenvalue weighted by atomic mass is 79.9. The summed E-state index contributed by atoms with van der Waals surface area (Å²) in [6.45, 7) is 0. The fraction of sp³-hybridized carbons (Fsp3) is 0. The number of rotatable bonds is 3. The van der Waals surface area contributed by atoms with Gasteiger partial charge in [0.15, 0.2) is 0 Å². The third-order valence-electron chi connectivity index (χ3n) is 2.83. The predicted octanol–water partition coefficient (Wildman–Crippen LogP) is 4.27. The molecule has 0 N–H and O–H groups in total. The summed E-state index contributed by atoms with van der Waals surface area (Å²) < 4.78 is 2.64. The van der Waals surface area contributed by atoms with Crippen molar-refractivity contribution in [2.24, 2.45) is 0 Å². The van der Waals surface area contributed by atoms with Crippen LogP contribution in [-0.2, 0) is 0 Å². The molecule has 19 heavy (non-hydrogen) atoms. The summed E-state index contributed by atoms with van der Waals surface area (Å²) in [5, 5.41) is 4.94. The van der Waals surface area contributed by atoms with Gasteiger partial charge < -0.3 is 0 Å². The molecule has 0 aliphatic heterocycles. The molecular weight excluding hydrogens is 335 g/mol. The van der Waals surface area contributed by atoms with E-state index in [-0.39, 0.29) is 0 Å². The molecule has 3 heteroatoms. The molecule has 0 bridgehead atoms. The van der Waals surface area contributed by atoms with Crippen molar-refractivity contribution in [3.63, 3.8) is 0 Å². The van der Waals surface area contributed by atoms with Crippen molar-refractivity contribution in [3.05, 3.63) is 76.6 Å². The van der Waals surface area contributed by atoms with Crippen LogP contribution < -0.4 is 15.2 Å². The molecule has 3 aromatic rings. The first-order valence-corrected chi connectivity index (χ1v) is 9.01. The molecule has 1 aromatic heterocycles. The highest BCUT2D eigenvalue weighted by Crippen LogP contribution is 2.37. The molecular formula is C16H12BrPS. The molecule has 0 unspecified atom stereocenters. The van der Waals surface area contributed by atoms with Crippen LogP contribution in [-0.4, -0.2) is 0 Å². The number of hydrogen-bond donors (Lipinski definition) is 0. The molecule has 0 atom stereocenters. The van der Waals surface area contributed by atoms with E-state index < -0.39 is 7.92 Å². The number of benzene rings is 2. The summed E-state index contributed by atoms with van der Waals surface area (Å²) in [5.74, 6) is 0. The van der Waals surface area contributed by atoms with Gasteiger partial charge in [0, 0.05) is 4.47 Å². The number of halogens is 1. The quantitative estimate of drug-likeness (QED) is 0.621. The minimum absolute atomic E-state index is 0.458. The van der Waals surface area contributed by atoms with E-state index in [2.05, 4.69) is 88.0 Å². The Hall–Kier alpha value is -0.950. The largest absolute Gasteiger partial charge is 0.142 e. The Morgan fingerprint density at radius 2 is 1.26 bits per heavy atom. The van der Waals surface area contributed by atoms with Gasteiger partial charge in [0.2, 0.25) is 0 Å². The molecule has 0 aliphatic carbocycles. The van der Waals surface area contributed by atoms with E-state index in [9.17, 15) is 0 Å². The average Bonchev–Trinajstić information content (AvgIpc) is 2.88. The van der Waals surface area contributed by atoms with E-state index in [1.165, 1.54) is 19.7 Å². The molecule has 0 aliphatic rings. The van der Waals surface area contributed by atoms with Gasteiger partial charge in [-0.15, -0.1) is 11.3 Å².